The lowest BCUT2D eigenvalue weighted by molar-refractivity contribution is -0.141. The minimum atomic E-state index is -1.08. The second-order valence-electron chi connectivity index (χ2n) is 1.99. The molecule has 0 unspecified atom stereocenters. The average Bonchev–Trinajstić information content (AvgIpc) is 2.01. The molecule has 1 N–H and O–H groups in total. The van der Waals surface area contributed by atoms with Gasteiger partial charge in [0.2, 0.25) is 0 Å². The molecule has 0 atom stereocenters. The molecule has 12 heavy (non-hydrogen) atoms. The minimum absolute atomic E-state index is 0.0833. The van der Waals surface area contributed by atoms with Crippen LogP contribution in [0.3, 0.4) is 0 Å². The Balaban J connectivity index is 4.44. The van der Waals surface area contributed by atoms with Gasteiger partial charge >= 0.3 is 11.9 Å². The number of aliphatic carboxylic acids is 1. The largest absolute Gasteiger partial charge is 0.481 e. The second kappa shape index (κ2) is 5.12. The molecule has 0 spiro atoms. The molecule has 0 aliphatic carbocycles. The van der Waals surface area contributed by atoms with Crippen molar-refractivity contribution in [2.45, 2.75) is 6.42 Å². The van der Waals surface area contributed by atoms with Crippen LogP contribution in [0.5, 0.6) is 0 Å². The van der Waals surface area contributed by atoms with E-state index >= 15 is 0 Å². The van der Waals surface area contributed by atoms with E-state index in [-0.39, 0.29) is 12.0 Å². The smallest absolute Gasteiger partial charge is 0.334 e. The highest BCUT2D eigenvalue weighted by Gasteiger charge is 2.11. The molecule has 0 aromatic carbocycles. The Labute approximate surface area is 70.1 Å². The number of esters is 1. The quantitative estimate of drug-likeness (QED) is 0.384. The van der Waals surface area contributed by atoms with Gasteiger partial charge < -0.3 is 9.84 Å². The fourth-order valence-corrected chi connectivity index (χ4v) is 0.635. The number of carboxylic acids is 1. The Morgan fingerprint density at radius 3 is 2.50 bits per heavy atom. The topological polar surface area (TPSA) is 63.6 Å². The Kier molecular flexibility index (Phi) is 4.45. The summed E-state index contributed by atoms with van der Waals surface area (Å²) in [4.78, 5) is 21.1. The molecule has 0 amide bonds. The highest BCUT2D eigenvalue weighted by atomic mass is 16.5. The lowest BCUT2D eigenvalue weighted by atomic mass is 10.2. The Morgan fingerprint density at radius 1 is 1.58 bits per heavy atom. The Hall–Kier alpha value is -1.58. The summed E-state index contributed by atoms with van der Waals surface area (Å²) in [6.07, 6.45) is 2.31. The van der Waals surface area contributed by atoms with Gasteiger partial charge in [0.15, 0.2) is 0 Å². The van der Waals surface area contributed by atoms with E-state index in [0.29, 0.717) is 0 Å². The van der Waals surface area contributed by atoms with Crippen LogP contribution >= 0.6 is 0 Å². The van der Waals surface area contributed by atoms with Crippen LogP contribution in [0, 0.1) is 0 Å². The Morgan fingerprint density at radius 2 is 2.17 bits per heavy atom. The van der Waals surface area contributed by atoms with Gasteiger partial charge in [-0.05, 0) is 0 Å². The van der Waals surface area contributed by atoms with Gasteiger partial charge in [-0.25, -0.2) is 4.79 Å². The van der Waals surface area contributed by atoms with Crippen molar-refractivity contribution in [3.8, 4) is 0 Å². The molecule has 0 aliphatic heterocycles. The predicted octanol–water partition coefficient (Wildman–Crippen LogP) is 0.746. The highest BCUT2D eigenvalue weighted by molar-refractivity contribution is 5.93. The van der Waals surface area contributed by atoms with Gasteiger partial charge in [-0.3, -0.25) is 4.79 Å². The molecule has 0 aliphatic rings. The predicted molar refractivity (Wildman–Crippen MR) is 42.5 cm³/mol. The van der Waals surface area contributed by atoms with Gasteiger partial charge in [0.05, 0.1) is 13.5 Å². The maximum absolute atomic E-state index is 10.8. The molecule has 66 valence electrons. The molecule has 0 fully saturated rings. The molecule has 0 saturated carbocycles. The molecular weight excluding hydrogens is 160 g/mol. The first-order valence-electron chi connectivity index (χ1n) is 3.23. The SMILES string of the molecule is C=C/C=C(\CC(=O)O)C(=O)OC. The van der Waals surface area contributed by atoms with Crippen molar-refractivity contribution in [3.05, 3.63) is 24.3 Å². The van der Waals surface area contributed by atoms with E-state index in [1.807, 2.05) is 0 Å². The van der Waals surface area contributed by atoms with Crippen LogP contribution in [0.15, 0.2) is 24.3 Å². The molecule has 4 heteroatoms. The van der Waals surface area contributed by atoms with Crippen LogP contribution in [0.2, 0.25) is 0 Å². The molecule has 0 aromatic rings. The second-order valence-corrected chi connectivity index (χ2v) is 1.99. The normalized spacial score (nSPS) is 10.6. The van der Waals surface area contributed by atoms with Gasteiger partial charge in [-0.15, -0.1) is 0 Å². The van der Waals surface area contributed by atoms with Gasteiger partial charge in [0.25, 0.3) is 0 Å². The summed E-state index contributed by atoms with van der Waals surface area (Å²) < 4.78 is 4.35. The zero-order chi connectivity index (χ0) is 9.56. The monoisotopic (exact) mass is 170 g/mol. The number of allylic oxidation sites excluding steroid dienone is 2. The van der Waals surface area contributed by atoms with Gasteiger partial charge in [0, 0.05) is 5.57 Å². The maximum atomic E-state index is 10.8. The molecule has 0 bridgehead atoms. The van der Waals surface area contributed by atoms with Crippen LogP contribution in [-0.2, 0) is 14.3 Å². The third-order valence-corrected chi connectivity index (χ3v) is 1.11. The molecule has 4 nitrogen and oxygen atoms in total. The van der Waals surface area contributed by atoms with Crippen molar-refractivity contribution in [2.24, 2.45) is 0 Å². The van der Waals surface area contributed by atoms with Crippen molar-refractivity contribution in [3.63, 3.8) is 0 Å². The molecule has 0 radical (unpaired) electrons. The number of ether oxygens (including phenoxy) is 1. The van der Waals surface area contributed by atoms with Crippen LogP contribution in [0.1, 0.15) is 6.42 Å². The van der Waals surface area contributed by atoms with Crippen LogP contribution < -0.4 is 0 Å². The van der Waals surface area contributed by atoms with Crippen LogP contribution in [0.25, 0.3) is 0 Å². The van der Waals surface area contributed by atoms with Gasteiger partial charge in [-0.2, -0.15) is 0 Å². The van der Waals surface area contributed by atoms with Crippen molar-refractivity contribution < 1.29 is 19.4 Å². The van der Waals surface area contributed by atoms with E-state index in [4.69, 9.17) is 5.11 Å². The summed E-state index contributed by atoms with van der Waals surface area (Å²) >= 11 is 0. The summed E-state index contributed by atoms with van der Waals surface area (Å²) in [6.45, 7) is 3.35. The van der Waals surface area contributed by atoms with E-state index in [2.05, 4.69) is 11.3 Å². The number of methoxy groups -OCH3 is 1. The van der Waals surface area contributed by atoms with Crippen LogP contribution in [-0.4, -0.2) is 24.2 Å². The summed E-state index contributed by atoms with van der Waals surface area (Å²) in [5.41, 5.74) is 0.0833. The first kappa shape index (κ1) is 10.4. The summed E-state index contributed by atoms with van der Waals surface area (Å²) in [7, 11) is 1.20. The standard InChI is InChI=1S/C8H10O4/c1-3-4-6(5-7(9)10)8(11)12-2/h3-4H,1,5H2,2H3,(H,9,10)/b6-4+. The third-order valence-electron chi connectivity index (χ3n) is 1.11. The van der Waals surface area contributed by atoms with E-state index in [0.717, 1.165) is 0 Å². The van der Waals surface area contributed by atoms with Gasteiger partial charge in [-0.1, -0.05) is 18.7 Å². The lowest BCUT2D eigenvalue weighted by Gasteiger charge is -1.99. The number of hydrogen-bond acceptors (Lipinski definition) is 3. The number of rotatable bonds is 4. The lowest BCUT2D eigenvalue weighted by Crippen LogP contribution is -2.09. The first-order valence-corrected chi connectivity index (χ1v) is 3.23. The summed E-state index contributed by atoms with van der Waals surface area (Å²) in [5.74, 6) is -1.72. The zero-order valence-corrected chi connectivity index (χ0v) is 6.74. The average molecular weight is 170 g/mol. The molecule has 0 saturated heterocycles. The first-order chi connectivity index (χ1) is 5.61. The highest BCUT2D eigenvalue weighted by Crippen LogP contribution is 2.03. The molecule has 0 aromatic heterocycles. The van der Waals surface area contributed by atoms with Crippen molar-refractivity contribution in [1.82, 2.24) is 0 Å². The van der Waals surface area contributed by atoms with E-state index in [1.165, 1.54) is 19.3 Å². The van der Waals surface area contributed by atoms with E-state index in [1.54, 1.807) is 0 Å². The third kappa shape index (κ3) is 3.55. The molecular formula is C8H10O4. The Bertz CT molecular complexity index is 227. The molecule has 0 heterocycles. The number of hydrogen-bond donors (Lipinski definition) is 1. The number of carbonyl (C=O) groups excluding carboxylic acids is 1. The number of carbonyl (C=O) groups is 2. The molecule has 0 rings (SSSR count). The fraction of sp³-hybridized carbons (Fsp3) is 0.250. The van der Waals surface area contributed by atoms with Crippen molar-refractivity contribution >= 4 is 11.9 Å². The number of carboxylic acid groups (broad SMARTS) is 1. The van der Waals surface area contributed by atoms with Crippen LogP contribution in [0.4, 0.5) is 0 Å². The van der Waals surface area contributed by atoms with E-state index in [9.17, 15) is 9.59 Å². The van der Waals surface area contributed by atoms with Gasteiger partial charge in [0.1, 0.15) is 0 Å². The van der Waals surface area contributed by atoms with Crippen molar-refractivity contribution in [1.29, 1.82) is 0 Å². The zero-order valence-electron chi connectivity index (χ0n) is 6.74. The van der Waals surface area contributed by atoms with Crippen molar-refractivity contribution in [2.75, 3.05) is 7.11 Å². The maximum Gasteiger partial charge on any atom is 0.334 e. The minimum Gasteiger partial charge on any atom is -0.481 e. The summed E-state index contributed by atoms with van der Waals surface area (Å²) in [6, 6.07) is 0. The summed E-state index contributed by atoms with van der Waals surface area (Å²) in [5, 5.41) is 8.37. The van der Waals surface area contributed by atoms with E-state index < -0.39 is 11.9 Å². The fourth-order valence-electron chi connectivity index (χ4n) is 0.635.